The second-order valence-electron chi connectivity index (χ2n) is 5.89. The van der Waals surface area contributed by atoms with Crippen LogP contribution in [0.15, 0.2) is 24.3 Å². The molecule has 0 saturated heterocycles. The lowest BCUT2D eigenvalue weighted by Gasteiger charge is -2.21. The Labute approximate surface area is 138 Å². The Balaban J connectivity index is 2.36. The first-order valence-electron chi connectivity index (χ1n) is 8.03. The molecular formula is C18H28O5. The first-order valence-corrected chi connectivity index (χ1v) is 8.03. The van der Waals surface area contributed by atoms with E-state index in [1.807, 2.05) is 31.2 Å². The van der Waals surface area contributed by atoms with Gasteiger partial charge in [0, 0.05) is 18.4 Å². The molecule has 23 heavy (non-hydrogen) atoms. The zero-order valence-electron chi connectivity index (χ0n) is 14.2. The Morgan fingerprint density at radius 3 is 2.43 bits per heavy atom. The van der Waals surface area contributed by atoms with Gasteiger partial charge in [0.05, 0.1) is 26.4 Å². The van der Waals surface area contributed by atoms with Gasteiger partial charge >= 0.3 is 0 Å². The van der Waals surface area contributed by atoms with Gasteiger partial charge < -0.3 is 19.7 Å². The summed E-state index contributed by atoms with van der Waals surface area (Å²) < 4.78 is 10.7. The van der Waals surface area contributed by atoms with E-state index in [2.05, 4.69) is 0 Å². The van der Waals surface area contributed by atoms with Crippen LogP contribution >= 0.6 is 0 Å². The van der Waals surface area contributed by atoms with Crippen LogP contribution in [0.4, 0.5) is 0 Å². The van der Waals surface area contributed by atoms with Gasteiger partial charge in [-0.25, -0.2) is 0 Å². The maximum Gasteiger partial charge on any atom is 0.143 e. The van der Waals surface area contributed by atoms with Crippen LogP contribution in [0.5, 0.6) is 5.75 Å². The normalized spacial score (nSPS) is 15.0. The number of hydrogen-bond donors (Lipinski definition) is 2. The summed E-state index contributed by atoms with van der Waals surface area (Å²) in [5.41, 5.74) is 1.02. The lowest BCUT2D eigenvalue weighted by atomic mass is 9.89. The monoisotopic (exact) mass is 324 g/mol. The van der Waals surface area contributed by atoms with Gasteiger partial charge in [0.15, 0.2) is 0 Å². The van der Waals surface area contributed by atoms with E-state index in [4.69, 9.17) is 14.6 Å². The fourth-order valence-electron chi connectivity index (χ4n) is 2.35. The van der Waals surface area contributed by atoms with E-state index in [9.17, 15) is 9.90 Å². The Morgan fingerprint density at radius 1 is 1.22 bits per heavy atom. The van der Waals surface area contributed by atoms with Crippen molar-refractivity contribution < 1.29 is 24.5 Å². The van der Waals surface area contributed by atoms with Gasteiger partial charge in [-0.2, -0.15) is 0 Å². The average Bonchev–Trinajstić information content (AvgIpc) is 2.58. The lowest BCUT2D eigenvalue weighted by Crippen LogP contribution is -2.31. The van der Waals surface area contributed by atoms with Crippen LogP contribution in [0.3, 0.4) is 0 Å². The summed E-state index contributed by atoms with van der Waals surface area (Å²) in [6.45, 7) is 4.32. The number of carbonyl (C=O) groups excluding carboxylic acids is 1. The summed E-state index contributed by atoms with van der Waals surface area (Å²) in [7, 11) is 1.62. The second kappa shape index (κ2) is 10.4. The number of benzene rings is 1. The van der Waals surface area contributed by atoms with Gasteiger partial charge in [0.25, 0.3) is 0 Å². The van der Waals surface area contributed by atoms with Gasteiger partial charge in [0.1, 0.15) is 11.5 Å². The van der Waals surface area contributed by atoms with Crippen LogP contribution in [-0.4, -0.2) is 42.4 Å². The Hall–Kier alpha value is -1.43. The standard InChI is InChI=1S/C18H28O5/c1-13(18(21)14(2)17(20)5-4-10-19)11-23-12-15-6-8-16(22-3)9-7-15/h6-9,13-14,17,19-20H,4-5,10-12H2,1-3H3/t13-,14-,17-/m1/s1. The van der Waals surface area contributed by atoms with Crippen molar-refractivity contribution in [3.05, 3.63) is 29.8 Å². The number of methoxy groups -OCH3 is 1. The molecule has 5 nitrogen and oxygen atoms in total. The largest absolute Gasteiger partial charge is 0.497 e. The van der Waals surface area contributed by atoms with Crippen molar-refractivity contribution in [3.63, 3.8) is 0 Å². The van der Waals surface area contributed by atoms with E-state index < -0.39 is 12.0 Å². The second-order valence-corrected chi connectivity index (χ2v) is 5.89. The molecule has 0 aliphatic rings. The molecule has 0 heterocycles. The molecule has 0 amide bonds. The third kappa shape index (κ3) is 6.69. The molecule has 5 heteroatoms. The fraction of sp³-hybridized carbons (Fsp3) is 0.611. The number of hydrogen-bond acceptors (Lipinski definition) is 5. The van der Waals surface area contributed by atoms with E-state index in [1.54, 1.807) is 14.0 Å². The van der Waals surface area contributed by atoms with Gasteiger partial charge in [0.2, 0.25) is 0 Å². The highest BCUT2D eigenvalue weighted by Gasteiger charge is 2.25. The highest BCUT2D eigenvalue weighted by atomic mass is 16.5. The maximum atomic E-state index is 12.3. The maximum absolute atomic E-state index is 12.3. The number of rotatable bonds is 11. The zero-order chi connectivity index (χ0) is 17.2. The van der Waals surface area contributed by atoms with E-state index in [0.717, 1.165) is 11.3 Å². The van der Waals surface area contributed by atoms with Crippen molar-refractivity contribution >= 4 is 5.78 Å². The quantitative estimate of drug-likeness (QED) is 0.652. The smallest absolute Gasteiger partial charge is 0.143 e. The summed E-state index contributed by atoms with van der Waals surface area (Å²) in [6, 6.07) is 7.58. The van der Waals surface area contributed by atoms with Gasteiger partial charge in [-0.15, -0.1) is 0 Å². The number of aliphatic hydroxyl groups is 2. The molecule has 1 rings (SSSR count). The SMILES string of the molecule is COc1ccc(COC[C@@H](C)C(=O)[C@H](C)[C@H](O)CCCO)cc1. The summed E-state index contributed by atoms with van der Waals surface area (Å²) in [4.78, 5) is 12.3. The van der Waals surface area contributed by atoms with Crippen molar-refractivity contribution in [2.45, 2.75) is 39.4 Å². The van der Waals surface area contributed by atoms with Crippen LogP contribution in [0.2, 0.25) is 0 Å². The molecule has 1 aromatic carbocycles. The third-order valence-electron chi connectivity index (χ3n) is 3.97. The molecule has 0 unspecified atom stereocenters. The number of carbonyl (C=O) groups is 1. The summed E-state index contributed by atoms with van der Waals surface area (Å²) in [5.74, 6) is 0.0707. The van der Waals surface area contributed by atoms with Crippen molar-refractivity contribution in [2.75, 3.05) is 20.3 Å². The van der Waals surface area contributed by atoms with Crippen LogP contribution in [0.25, 0.3) is 0 Å². The molecule has 0 aliphatic carbocycles. The zero-order valence-corrected chi connectivity index (χ0v) is 14.2. The summed E-state index contributed by atoms with van der Waals surface area (Å²) in [6.07, 6.45) is 0.225. The van der Waals surface area contributed by atoms with Crippen molar-refractivity contribution in [1.29, 1.82) is 0 Å². The molecule has 0 aromatic heterocycles. The molecule has 1 aromatic rings. The highest BCUT2D eigenvalue weighted by Crippen LogP contribution is 2.16. The van der Waals surface area contributed by atoms with Crippen molar-refractivity contribution in [1.82, 2.24) is 0 Å². The Morgan fingerprint density at radius 2 is 1.87 bits per heavy atom. The minimum absolute atomic E-state index is 0.00910. The molecule has 3 atom stereocenters. The molecule has 0 bridgehead atoms. The number of aliphatic hydroxyl groups excluding tert-OH is 2. The van der Waals surface area contributed by atoms with E-state index in [1.165, 1.54) is 0 Å². The van der Waals surface area contributed by atoms with Crippen LogP contribution < -0.4 is 4.74 Å². The molecule has 2 N–H and O–H groups in total. The fourth-order valence-corrected chi connectivity index (χ4v) is 2.35. The first kappa shape index (κ1) is 19.6. The molecule has 0 spiro atoms. The topological polar surface area (TPSA) is 76.0 Å². The van der Waals surface area contributed by atoms with Gasteiger partial charge in [-0.1, -0.05) is 26.0 Å². The van der Waals surface area contributed by atoms with Crippen LogP contribution in [-0.2, 0) is 16.1 Å². The number of Topliss-reactive ketones (excluding diaryl/α,β-unsaturated/α-hetero) is 1. The van der Waals surface area contributed by atoms with Gasteiger partial charge in [-0.05, 0) is 30.5 Å². The summed E-state index contributed by atoms with van der Waals surface area (Å²) >= 11 is 0. The van der Waals surface area contributed by atoms with E-state index >= 15 is 0 Å². The highest BCUT2D eigenvalue weighted by molar-refractivity contribution is 5.83. The minimum Gasteiger partial charge on any atom is -0.497 e. The van der Waals surface area contributed by atoms with Crippen molar-refractivity contribution in [3.8, 4) is 5.75 Å². The molecule has 0 saturated carbocycles. The molecule has 0 fully saturated rings. The number of ether oxygens (including phenoxy) is 2. The van der Waals surface area contributed by atoms with E-state index in [0.29, 0.717) is 26.1 Å². The third-order valence-corrected chi connectivity index (χ3v) is 3.97. The Kier molecular flexibility index (Phi) is 8.84. The Bertz CT molecular complexity index is 457. The predicted molar refractivity (Wildman–Crippen MR) is 88.3 cm³/mol. The summed E-state index contributed by atoms with van der Waals surface area (Å²) in [5, 5.41) is 18.7. The van der Waals surface area contributed by atoms with Gasteiger partial charge in [-0.3, -0.25) is 4.79 Å². The molecule has 130 valence electrons. The average molecular weight is 324 g/mol. The minimum atomic E-state index is -0.710. The number of ketones is 1. The molecular weight excluding hydrogens is 296 g/mol. The molecule has 0 aliphatic heterocycles. The predicted octanol–water partition coefficient (Wildman–Crippen LogP) is 2.19. The lowest BCUT2D eigenvalue weighted by molar-refractivity contribution is -0.131. The van der Waals surface area contributed by atoms with E-state index in [-0.39, 0.29) is 18.3 Å². The van der Waals surface area contributed by atoms with Crippen LogP contribution in [0, 0.1) is 11.8 Å². The first-order chi connectivity index (χ1) is 11.0. The van der Waals surface area contributed by atoms with Crippen molar-refractivity contribution in [2.24, 2.45) is 11.8 Å². The molecule has 0 radical (unpaired) electrons. The van der Waals surface area contributed by atoms with Crippen LogP contribution in [0.1, 0.15) is 32.3 Å².